The quantitative estimate of drug-likeness (QED) is 0.864. The smallest absolute Gasteiger partial charge is 0.134 e. The lowest BCUT2D eigenvalue weighted by Gasteiger charge is -2.22. The van der Waals surface area contributed by atoms with E-state index in [2.05, 4.69) is 5.32 Å². The molecule has 2 N–H and O–H groups in total. The van der Waals surface area contributed by atoms with Crippen molar-refractivity contribution in [3.63, 3.8) is 0 Å². The highest BCUT2D eigenvalue weighted by Gasteiger charge is 2.16. The van der Waals surface area contributed by atoms with E-state index in [0.717, 1.165) is 27.7 Å². The largest absolute Gasteiger partial charge is 0.460 e. The molecule has 21 heavy (non-hydrogen) atoms. The van der Waals surface area contributed by atoms with Crippen LogP contribution in [0.15, 0.2) is 34.7 Å². The van der Waals surface area contributed by atoms with E-state index in [4.69, 9.17) is 16.0 Å². The molecule has 0 unspecified atom stereocenters. The average Bonchev–Trinajstić information content (AvgIpc) is 2.88. The van der Waals surface area contributed by atoms with Crippen LogP contribution in [0.2, 0.25) is 5.02 Å². The van der Waals surface area contributed by atoms with Crippen LogP contribution < -0.4 is 5.32 Å². The molecule has 1 heterocycles. The molecule has 0 spiro atoms. The molecule has 116 valence electrons. The van der Waals surface area contributed by atoms with Gasteiger partial charge in [0.15, 0.2) is 0 Å². The molecule has 0 bridgehead atoms. The van der Waals surface area contributed by atoms with Crippen molar-refractivity contribution in [2.45, 2.75) is 32.9 Å². The molecule has 5 heteroatoms. The summed E-state index contributed by atoms with van der Waals surface area (Å²) in [6.07, 6.45) is 0. The number of halogens is 2. The van der Waals surface area contributed by atoms with Gasteiger partial charge in [-0.1, -0.05) is 23.7 Å². The molecular formula is C16H21Cl2NO2. The topological polar surface area (TPSA) is 45.4 Å². The zero-order valence-corrected chi connectivity index (χ0v) is 14.0. The molecule has 0 atom stereocenters. The summed E-state index contributed by atoms with van der Waals surface area (Å²) in [6.45, 7) is 6.52. The van der Waals surface area contributed by atoms with E-state index < -0.39 is 0 Å². The zero-order chi connectivity index (χ0) is 14.8. The molecule has 0 amide bonds. The van der Waals surface area contributed by atoms with Gasteiger partial charge in [-0.25, -0.2) is 0 Å². The van der Waals surface area contributed by atoms with E-state index in [1.165, 1.54) is 0 Å². The number of aliphatic hydroxyl groups is 1. The summed E-state index contributed by atoms with van der Waals surface area (Å²) in [5.74, 6) is 1.64. The Morgan fingerprint density at radius 1 is 1.24 bits per heavy atom. The first kappa shape index (κ1) is 18.1. The van der Waals surface area contributed by atoms with Crippen molar-refractivity contribution < 1.29 is 9.52 Å². The second kappa shape index (κ2) is 7.32. The fraction of sp³-hybridized carbons (Fsp3) is 0.375. The summed E-state index contributed by atoms with van der Waals surface area (Å²) >= 11 is 6.13. The minimum Gasteiger partial charge on any atom is -0.460 e. The summed E-state index contributed by atoms with van der Waals surface area (Å²) in [6, 6.07) is 9.67. The summed E-state index contributed by atoms with van der Waals surface area (Å²) < 4.78 is 5.84. The number of aliphatic hydroxyl groups excluding tert-OH is 1. The van der Waals surface area contributed by atoms with Gasteiger partial charge in [-0.2, -0.15) is 0 Å². The Labute approximate surface area is 136 Å². The Balaban J connectivity index is 0.00000220. The van der Waals surface area contributed by atoms with Crippen LogP contribution in [-0.4, -0.2) is 17.3 Å². The van der Waals surface area contributed by atoms with Gasteiger partial charge in [0.05, 0.1) is 13.2 Å². The number of nitrogens with one attached hydrogen (secondary N) is 1. The van der Waals surface area contributed by atoms with Gasteiger partial charge < -0.3 is 14.8 Å². The summed E-state index contributed by atoms with van der Waals surface area (Å²) in [4.78, 5) is 0. The third-order valence-electron chi connectivity index (χ3n) is 3.33. The molecule has 2 aromatic rings. The number of benzene rings is 1. The van der Waals surface area contributed by atoms with Gasteiger partial charge >= 0.3 is 0 Å². The third kappa shape index (κ3) is 4.48. The molecule has 0 aliphatic heterocycles. The van der Waals surface area contributed by atoms with Crippen molar-refractivity contribution in [3.8, 4) is 11.3 Å². The Hall–Kier alpha value is -1.00. The van der Waals surface area contributed by atoms with Crippen LogP contribution in [-0.2, 0) is 6.54 Å². The second-order valence-electron chi connectivity index (χ2n) is 5.57. The van der Waals surface area contributed by atoms with Gasteiger partial charge in [0.1, 0.15) is 11.5 Å². The third-order valence-corrected chi connectivity index (χ3v) is 3.74. The first-order valence-electron chi connectivity index (χ1n) is 6.63. The van der Waals surface area contributed by atoms with Crippen molar-refractivity contribution >= 4 is 24.0 Å². The van der Waals surface area contributed by atoms with Crippen molar-refractivity contribution in [3.05, 3.63) is 46.7 Å². The Bertz CT molecular complexity index is 594. The lowest BCUT2D eigenvalue weighted by atomic mass is 10.1. The maximum atomic E-state index is 9.21. The predicted molar refractivity (Wildman–Crippen MR) is 89.1 cm³/mol. The normalized spacial score (nSPS) is 11.3. The molecule has 1 aromatic heterocycles. The highest BCUT2D eigenvalue weighted by Crippen LogP contribution is 2.29. The minimum absolute atomic E-state index is 0. The van der Waals surface area contributed by atoms with Gasteiger partial charge in [-0.3, -0.25) is 0 Å². The first-order chi connectivity index (χ1) is 9.43. The maximum Gasteiger partial charge on any atom is 0.134 e. The molecule has 0 aliphatic rings. The van der Waals surface area contributed by atoms with Gasteiger partial charge in [-0.05, 0) is 44.5 Å². The van der Waals surface area contributed by atoms with E-state index in [-0.39, 0.29) is 24.6 Å². The fourth-order valence-corrected chi connectivity index (χ4v) is 2.05. The van der Waals surface area contributed by atoms with E-state index in [0.29, 0.717) is 6.54 Å². The molecule has 3 nitrogen and oxygen atoms in total. The standard InChI is InChI=1S/C16H20ClNO2.ClH/c1-11-13(5-4-6-14(11)17)15-8-7-12(20-15)9-18-16(2,3)10-19;/h4-8,18-19H,9-10H2,1-3H3;1H. The molecule has 0 aliphatic carbocycles. The number of hydrogen-bond acceptors (Lipinski definition) is 3. The highest BCUT2D eigenvalue weighted by molar-refractivity contribution is 6.31. The predicted octanol–water partition coefficient (Wildman–Crippen LogP) is 4.19. The van der Waals surface area contributed by atoms with E-state index in [1.807, 2.05) is 51.1 Å². The molecule has 0 radical (unpaired) electrons. The van der Waals surface area contributed by atoms with E-state index in [9.17, 15) is 5.11 Å². The summed E-state index contributed by atoms with van der Waals surface area (Å²) in [5.41, 5.74) is 1.70. The van der Waals surface area contributed by atoms with Crippen molar-refractivity contribution in [2.24, 2.45) is 0 Å². The lowest BCUT2D eigenvalue weighted by Crippen LogP contribution is -2.41. The Morgan fingerprint density at radius 2 is 1.95 bits per heavy atom. The SMILES string of the molecule is Cc1c(Cl)cccc1-c1ccc(CNC(C)(C)CO)o1.Cl. The Morgan fingerprint density at radius 3 is 2.62 bits per heavy atom. The van der Waals surface area contributed by atoms with Crippen molar-refractivity contribution in [1.29, 1.82) is 0 Å². The molecule has 2 rings (SSSR count). The van der Waals surface area contributed by atoms with Gasteiger partial charge in [0, 0.05) is 16.1 Å². The number of hydrogen-bond donors (Lipinski definition) is 2. The number of furan rings is 1. The van der Waals surface area contributed by atoms with Crippen LogP contribution in [0.1, 0.15) is 25.2 Å². The van der Waals surface area contributed by atoms with Crippen molar-refractivity contribution in [1.82, 2.24) is 5.32 Å². The van der Waals surface area contributed by atoms with E-state index in [1.54, 1.807) is 0 Å². The Kier molecular flexibility index (Phi) is 6.29. The van der Waals surface area contributed by atoms with Crippen LogP contribution >= 0.6 is 24.0 Å². The van der Waals surface area contributed by atoms with Crippen LogP contribution in [0.25, 0.3) is 11.3 Å². The van der Waals surface area contributed by atoms with Gasteiger partial charge in [0.25, 0.3) is 0 Å². The van der Waals surface area contributed by atoms with E-state index >= 15 is 0 Å². The number of rotatable bonds is 5. The molecule has 0 saturated carbocycles. The van der Waals surface area contributed by atoms with Crippen LogP contribution in [0.4, 0.5) is 0 Å². The highest BCUT2D eigenvalue weighted by atomic mass is 35.5. The maximum absolute atomic E-state index is 9.21. The zero-order valence-electron chi connectivity index (χ0n) is 12.4. The first-order valence-corrected chi connectivity index (χ1v) is 7.01. The van der Waals surface area contributed by atoms with Crippen LogP contribution in [0.3, 0.4) is 0 Å². The lowest BCUT2D eigenvalue weighted by molar-refractivity contribution is 0.184. The second-order valence-corrected chi connectivity index (χ2v) is 5.98. The molecular weight excluding hydrogens is 309 g/mol. The summed E-state index contributed by atoms with van der Waals surface area (Å²) in [5, 5.41) is 13.2. The van der Waals surface area contributed by atoms with Gasteiger partial charge in [-0.15, -0.1) is 12.4 Å². The van der Waals surface area contributed by atoms with Crippen molar-refractivity contribution in [2.75, 3.05) is 6.61 Å². The monoisotopic (exact) mass is 329 g/mol. The van der Waals surface area contributed by atoms with Gasteiger partial charge in [0.2, 0.25) is 0 Å². The minimum atomic E-state index is -0.321. The molecule has 1 aromatic carbocycles. The molecule has 0 saturated heterocycles. The average molecular weight is 330 g/mol. The van der Waals surface area contributed by atoms with Crippen LogP contribution in [0.5, 0.6) is 0 Å². The summed E-state index contributed by atoms with van der Waals surface area (Å²) in [7, 11) is 0. The van der Waals surface area contributed by atoms with Crippen LogP contribution in [0, 0.1) is 6.92 Å². The fourth-order valence-electron chi connectivity index (χ4n) is 1.87. The molecule has 0 fully saturated rings.